The molecule has 7 heteroatoms. The number of aromatic amines is 1. The second-order valence-corrected chi connectivity index (χ2v) is 7.53. The van der Waals surface area contributed by atoms with Crippen molar-refractivity contribution in [3.63, 3.8) is 0 Å². The molecule has 0 aliphatic rings. The molecule has 2 amide bonds. The summed E-state index contributed by atoms with van der Waals surface area (Å²) in [7, 11) is 0. The van der Waals surface area contributed by atoms with Crippen LogP contribution in [-0.2, 0) is 22.6 Å². The van der Waals surface area contributed by atoms with Gasteiger partial charge in [-0.3, -0.25) is 14.4 Å². The topological polar surface area (TPSA) is 95.2 Å². The second kappa shape index (κ2) is 9.43. The number of fused-ring (bicyclic) bond motifs is 2. The van der Waals surface area contributed by atoms with Gasteiger partial charge >= 0.3 is 0 Å². The van der Waals surface area contributed by atoms with Gasteiger partial charge in [0.15, 0.2) is 0 Å². The first kappa shape index (κ1) is 21.2. The molecule has 0 atom stereocenters. The van der Waals surface area contributed by atoms with Gasteiger partial charge in [-0.2, -0.15) is 0 Å². The Hall–Kier alpha value is -4.00. The fraction of sp³-hybridized carbons (Fsp3) is 0.200. The summed E-state index contributed by atoms with van der Waals surface area (Å²) in [6.07, 6.45) is 0.195. The average Bonchev–Trinajstić information content (AvgIpc) is 2.81. The second-order valence-electron chi connectivity index (χ2n) is 7.53. The van der Waals surface area contributed by atoms with Gasteiger partial charge in [0.1, 0.15) is 5.82 Å². The molecule has 3 aromatic carbocycles. The van der Waals surface area contributed by atoms with Crippen molar-refractivity contribution in [3.05, 3.63) is 88.5 Å². The summed E-state index contributed by atoms with van der Waals surface area (Å²) in [5, 5.41) is 5.32. The predicted octanol–water partition coefficient (Wildman–Crippen LogP) is 2.78. The van der Waals surface area contributed by atoms with E-state index in [0.717, 1.165) is 16.3 Å². The van der Waals surface area contributed by atoms with Gasteiger partial charge < -0.3 is 15.2 Å². The van der Waals surface area contributed by atoms with E-state index in [1.165, 1.54) is 0 Å². The maximum atomic E-state index is 12.7. The number of aromatic nitrogens is 2. The van der Waals surface area contributed by atoms with E-state index < -0.39 is 0 Å². The minimum Gasteiger partial charge on any atom is -0.347 e. The number of hydrogen-bond donors (Lipinski definition) is 2. The summed E-state index contributed by atoms with van der Waals surface area (Å²) in [6.45, 7) is 2.31. The van der Waals surface area contributed by atoms with Crippen LogP contribution in [0.25, 0.3) is 21.7 Å². The van der Waals surface area contributed by atoms with Crippen LogP contribution in [0.3, 0.4) is 0 Å². The Kier molecular flexibility index (Phi) is 6.26. The number of nitrogens with one attached hydrogen (secondary N) is 2. The minimum atomic E-state index is -0.241. The van der Waals surface area contributed by atoms with Crippen LogP contribution >= 0.6 is 0 Å². The number of H-pyrrole nitrogens is 1. The number of hydrogen-bond acceptors (Lipinski definition) is 4. The monoisotopic (exact) mass is 428 g/mol. The quantitative estimate of drug-likeness (QED) is 0.473. The normalized spacial score (nSPS) is 10.9. The van der Waals surface area contributed by atoms with Crippen LogP contribution < -0.4 is 10.9 Å². The number of amides is 2. The highest BCUT2D eigenvalue weighted by atomic mass is 16.2. The molecule has 32 heavy (non-hydrogen) atoms. The van der Waals surface area contributed by atoms with Crippen LogP contribution in [0.15, 0.2) is 71.5 Å². The lowest BCUT2D eigenvalue weighted by Crippen LogP contribution is -2.40. The maximum absolute atomic E-state index is 12.7. The van der Waals surface area contributed by atoms with Crippen molar-refractivity contribution in [1.82, 2.24) is 20.2 Å². The van der Waals surface area contributed by atoms with E-state index in [-0.39, 0.29) is 36.9 Å². The molecule has 4 rings (SSSR count). The molecule has 0 bridgehead atoms. The summed E-state index contributed by atoms with van der Waals surface area (Å²) in [5.74, 6) is -0.0523. The predicted molar refractivity (Wildman–Crippen MR) is 124 cm³/mol. The highest BCUT2D eigenvalue weighted by molar-refractivity contribution is 5.91. The Morgan fingerprint density at radius 2 is 1.69 bits per heavy atom. The number of benzene rings is 3. The number of rotatable bonds is 7. The van der Waals surface area contributed by atoms with Crippen LogP contribution in [0.4, 0.5) is 0 Å². The third-order valence-corrected chi connectivity index (χ3v) is 5.40. The molecule has 7 nitrogen and oxygen atoms in total. The van der Waals surface area contributed by atoms with Crippen molar-refractivity contribution >= 4 is 33.5 Å². The molecule has 0 radical (unpaired) electrons. The Morgan fingerprint density at radius 1 is 0.969 bits per heavy atom. The lowest BCUT2D eigenvalue weighted by molar-refractivity contribution is -0.133. The number of para-hydroxylation sites is 1. The van der Waals surface area contributed by atoms with Crippen molar-refractivity contribution < 1.29 is 9.59 Å². The van der Waals surface area contributed by atoms with E-state index in [4.69, 9.17) is 0 Å². The Balaban J connectivity index is 1.39. The fourth-order valence-corrected chi connectivity index (χ4v) is 3.73. The molecule has 0 spiro atoms. The van der Waals surface area contributed by atoms with Crippen LogP contribution in [0.2, 0.25) is 0 Å². The summed E-state index contributed by atoms with van der Waals surface area (Å²) >= 11 is 0. The molecule has 0 aliphatic carbocycles. The van der Waals surface area contributed by atoms with E-state index >= 15 is 0 Å². The lowest BCUT2D eigenvalue weighted by Gasteiger charge is -2.20. The molecule has 0 fully saturated rings. The van der Waals surface area contributed by atoms with Crippen molar-refractivity contribution in [2.75, 3.05) is 13.1 Å². The van der Waals surface area contributed by atoms with Crippen molar-refractivity contribution in [2.45, 2.75) is 19.9 Å². The first-order valence-corrected chi connectivity index (χ1v) is 10.5. The molecule has 0 saturated carbocycles. The van der Waals surface area contributed by atoms with Gasteiger partial charge in [0.25, 0.3) is 5.56 Å². The number of carbonyl (C=O) groups is 2. The smallest absolute Gasteiger partial charge is 0.258 e. The molecule has 0 saturated heterocycles. The molecule has 162 valence electrons. The summed E-state index contributed by atoms with van der Waals surface area (Å²) < 4.78 is 0. The zero-order valence-electron chi connectivity index (χ0n) is 17.8. The lowest BCUT2D eigenvalue weighted by atomic mass is 10.0. The van der Waals surface area contributed by atoms with Gasteiger partial charge in [0, 0.05) is 6.54 Å². The van der Waals surface area contributed by atoms with Crippen LogP contribution in [0.5, 0.6) is 0 Å². The Bertz CT molecular complexity index is 1340. The number of nitrogens with zero attached hydrogens (tertiary/aromatic N) is 2. The highest BCUT2D eigenvalue weighted by Crippen LogP contribution is 2.18. The molecule has 0 aliphatic heterocycles. The molecule has 0 unspecified atom stereocenters. The van der Waals surface area contributed by atoms with Crippen molar-refractivity contribution in [2.24, 2.45) is 0 Å². The SMILES string of the molecule is CCN(Cc1nc2ccccc2c(=O)[nH]1)C(=O)CNC(=O)Cc1cccc2ccccc12. The van der Waals surface area contributed by atoms with Gasteiger partial charge in [-0.15, -0.1) is 0 Å². The average molecular weight is 428 g/mol. The van der Waals surface area contributed by atoms with Gasteiger partial charge in [-0.25, -0.2) is 4.98 Å². The summed E-state index contributed by atoms with van der Waals surface area (Å²) in [5.41, 5.74) is 1.26. The van der Waals surface area contributed by atoms with Crippen LogP contribution in [0, 0.1) is 0 Å². The molecule has 1 heterocycles. The zero-order chi connectivity index (χ0) is 22.5. The molecule has 1 aromatic heterocycles. The van der Waals surface area contributed by atoms with E-state index in [2.05, 4.69) is 15.3 Å². The molecular formula is C25H24N4O3. The summed E-state index contributed by atoms with van der Waals surface area (Å²) in [4.78, 5) is 46.2. The van der Waals surface area contributed by atoms with Crippen LogP contribution in [0.1, 0.15) is 18.3 Å². The molecule has 4 aromatic rings. The maximum Gasteiger partial charge on any atom is 0.258 e. The van der Waals surface area contributed by atoms with Crippen molar-refractivity contribution in [3.8, 4) is 0 Å². The third kappa shape index (κ3) is 4.67. The first-order chi connectivity index (χ1) is 15.5. The van der Waals surface area contributed by atoms with Crippen LogP contribution in [-0.4, -0.2) is 39.8 Å². The number of likely N-dealkylation sites (N-methyl/N-ethyl adjacent to an activating group) is 1. The van der Waals surface area contributed by atoms with Gasteiger partial charge in [0.2, 0.25) is 11.8 Å². The fourth-order valence-electron chi connectivity index (χ4n) is 3.73. The highest BCUT2D eigenvalue weighted by Gasteiger charge is 2.16. The first-order valence-electron chi connectivity index (χ1n) is 10.5. The van der Waals surface area contributed by atoms with E-state index in [9.17, 15) is 14.4 Å². The van der Waals surface area contributed by atoms with Crippen molar-refractivity contribution in [1.29, 1.82) is 0 Å². The van der Waals surface area contributed by atoms with Gasteiger partial charge in [0.05, 0.1) is 30.4 Å². The largest absolute Gasteiger partial charge is 0.347 e. The minimum absolute atomic E-state index is 0.116. The van der Waals surface area contributed by atoms with E-state index in [0.29, 0.717) is 23.3 Å². The standard InChI is InChI=1S/C25H24N4O3/c1-2-29(16-22-27-21-13-6-5-12-20(21)25(32)28-22)24(31)15-26-23(30)14-18-10-7-9-17-8-3-4-11-19(17)18/h3-13H,2,14-16H2,1H3,(H,26,30)(H,27,28,32). The Labute approximate surface area is 185 Å². The zero-order valence-corrected chi connectivity index (χ0v) is 17.8. The van der Waals surface area contributed by atoms with E-state index in [1.807, 2.05) is 55.5 Å². The molecule has 2 N–H and O–H groups in total. The van der Waals surface area contributed by atoms with Gasteiger partial charge in [-0.1, -0.05) is 54.6 Å². The number of carbonyl (C=O) groups excluding carboxylic acids is 2. The molecular weight excluding hydrogens is 404 g/mol. The Morgan fingerprint density at radius 3 is 2.50 bits per heavy atom. The summed E-state index contributed by atoms with van der Waals surface area (Å²) in [6, 6.07) is 20.8. The van der Waals surface area contributed by atoms with E-state index in [1.54, 1.807) is 23.1 Å². The van der Waals surface area contributed by atoms with Gasteiger partial charge in [-0.05, 0) is 35.4 Å². The third-order valence-electron chi connectivity index (χ3n) is 5.40.